The van der Waals surface area contributed by atoms with Gasteiger partial charge in [-0.2, -0.15) is 0 Å². The summed E-state index contributed by atoms with van der Waals surface area (Å²) in [5.74, 6) is 0.430. The molecule has 2 amide bonds. The Kier molecular flexibility index (Phi) is 5.76. The van der Waals surface area contributed by atoms with Crippen LogP contribution in [0.5, 0.6) is 0 Å². The van der Waals surface area contributed by atoms with E-state index in [1.54, 1.807) is 39.0 Å². The quantitative estimate of drug-likeness (QED) is 0.546. The predicted molar refractivity (Wildman–Crippen MR) is 92.5 cm³/mol. The predicted octanol–water partition coefficient (Wildman–Crippen LogP) is 3.44. The maximum Gasteiger partial charge on any atom is 0.319 e. The number of carbonyl (C=O) groups excluding carboxylic acids is 1. The Morgan fingerprint density at radius 3 is 2.68 bits per heavy atom. The lowest BCUT2D eigenvalue weighted by molar-refractivity contribution is -0.385. The number of urea groups is 1. The van der Waals surface area contributed by atoms with Crippen LogP contribution in [0.3, 0.4) is 0 Å². The van der Waals surface area contributed by atoms with E-state index in [-0.39, 0.29) is 18.2 Å². The van der Waals surface area contributed by atoms with Crippen LogP contribution in [0.1, 0.15) is 36.3 Å². The van der Waals surface area contributed by atoms with E-state index in [0.29, 0.717) is 17.0 Å². The van der Waals surface area contributed by atoms with Gasteiger partial charge in [-0.1, -0.05) is 0 Å². The van der Waals surface area contributed by atoms with Crippen molar-refractivity contribution >= 4 is 17.4 Å². The normalized spacial score (nSPS) is 13.1. The van der Waals surface area contributed by atoms with Crippen LogP contribution in [-0.4, -0.2) is 22.1 Å². The zero-order chi connectivity index (χ0) is 18.6. The number of hydrogen-bond acceptors (Lipinski definition) is 5. The average Bonchev–Trinajstić information content (AvgIpc) is 3.03. The number of nitro groups is 1. The summed E-state index contributed by atoms with van der Waals surface area (Å²) in [6.07, 6.45) is 0.914. The number of carbonyl (C=O) groups is 1. The van der Waals surface area contributed by atoms with Crippen molar-refractivity contribution in [3.8, 4) is 0 Å². The van der Waals surface area contributed by atoms with Crippen molar-refractivity contribution < 1.29 is 19.2 Å². The lowest BCUT2D eigenvalue weighted by Crippen LogP contribution is -2.37. The van der Waals surface area contributed by atoms with Crippen LogP contribution >= 0.6 is 0 Å². The molecule has 0 saturated heterocycles. The molecule has 8 nitrogen and oxygen atoms in total. The van der Waals surface area contributed by atoms with Gasteiger partial charge in [0, 0.05) is 24.1 Å². The summed E-state index contributed by atoms with van der Waals surface area (Å²) in [7, 11) is 0. The van der Waals surface area contributed by atoms with Crippen molar-refractivity contribution in [1.82, 2.24) is 5.32 Å². The Hall–Kier alpha value is -2.87. The monoisotopic (exact) mass is 347 g/mol. The number of anilines is 1. The molecule has 0 fully saturated rings. The minimum atomic E-state index is -0.826. The van der Waals surface area contributed by atoms with Gasteiger partial charge in [-0.3, -0.25) is 10.1 Å². The van der Waals surface area contributed by atoms with Crippen LogP contribution in [0, 0.1) is 24.0 Å². The van der Waals surface area contributed by atoms with Gasteiger partial charge < -0.3 is 20.2 Å². The van der Waals surface area contributed by atoms with Gasteiger partial charge in [-0.05, 0) is 44.5 Å². The van der Waals surface area contributed by atoms with Gasteiger partial charge in [-0.25, -0.2) is 4.79 Å². The Bertz CT molecular complexity index is 758. The molecule has 0 aliphatic rings. The standard InChI is InChI=1S/C17H21N3O5/c1-10-7-11(2)14(20(23)24)9-13(10)19-17(22)18-12(3)8-15(21)16-5-4-6-25-16/h4-7,9,12,15,21H,8H2,1-3H3,(H2,18,19,22)/t12-,15+/m0/s1. The fraction of sp³-hybridized carbons (Fsp3) is 0.353. The van der Waals surface area contributed by atoms with Crippen molar-refractivity contribution in [2.24, 2.45) is 0 Å². The summed E-state index contributed by atoms with van der Waals surface area (Å²) in [4.78, 5) is 22.6. The lowest BCUT2D eigenvalue weighted by Gasteiger charge is -2.18. The number of hydrogen-bond donors (Lipinski definition) is 3. The SMILES string of the molecule is Cc1cc(C)c([N+](=O)[O-])cc1NC(=O)N[C@@H](C)C[C@@H](O)c1ccco1. The molecule has 0 spiro atoms. The molecule has 2 aromatic rings. The molecule has 0 aliphatic carbocycles. The molecular formula is C17H21N3O5. The van der Waals surface area contributed by atoms with E-state index in [9.17, 15) is 20.0 Å². The van der Waals surface area contributed by atoms with E-state index in [0.717, 1.165) is 5.56 Å². The van der Waals surface area contributed by atoms with Crippen molar-refractivity contribution in [1.29, 1.82) is 0 Å². The molecule has 2 rings (SSSR count). The van der Waals surface area contributed by atoms with Gasteiger partial charge in [0.05, 0.1) is 16.9 Å². The van der Waals surface area contributed by atoms with Crippen molar-refractivity contribution in [3.05, 3.63) is 57.5 Å². The maximum atomic E-state index is 12.1. The second-order valence-electron chi connectivity index (χ2n) is 5.98. The largest absolute Gasteiger partial charge is 0.467 e. The molecule has 2 atom stereocenters. The Morgan fingerprint density at radius 1 is 1.36 bits per heavy atom. The maximum absolute atomic E-state index is 12.1. The van der Waals surface area contributed by atoms with Crippen LogP contribution in [0.15, 0.2) is 34.9 Å². The zero-order valence-corrected chi connectivity index (χ0v) is 14.3. The molecule has 0 bridgehead atoms. The molecule has 25 heavy (non-hydrogen) atoms. The Labute approximate surface area is 145 Å². The molecule has 134 valence electrons. The van der Waals surface area contributed by atoms with Gasteiger partial charge in [0.2, 0.25) is 0 Å². The van der Waals surface area contributed by atoms with Crippen LogP contribution < -0.4 is 10.6 Å². The van der Waals surface area contributed by atoms with Crippen LogP contribution in [0.4, 0.5) is 16.2 Å². The molecule has 0 saturated carbocycles. The number of furan rings is 1. The number of benzene rings is 1. The fourth-order valence-corrected chi connectivity index (χ4v) is 2.55. The summed E-state index contributed by atoms with van der Waals surface area (Å²) in [5, 5.41) is 26.3. The Balaban J connectivity index is 1.98. The number of aliphatic hydroxyl groups excluding tert-OH is 1. The highest BCUT2D eigenvalue weighted by molar-refractivity contribution is 5.90. The van der Waals surface area contributed by atoms with Gasteiger partial charge in [-0.15, -0.1) is 0 Å². The van der Waals surface area contributed by atoms with Gasteiger partial charge in [0.15, 0.2) is 0 Å². The van der Waals surface area contributed by atoms with Crippen molar-refractivity contribution in [2.75, 3.05) is 5.32 Å². The number of aliphatic hydroxyl groups is 1. The van der Waals surface area contributed by atoms with E-state index in [4.69, 9.17) is 4.42 Å². The zero-order valence-electron chi connectivity index (χ0n) is 14.3. The number of aryl methyl sites for hydroxylation is 2. The molecule has 3 N–H and O–H groups in total. The van der Waals surface area contributed by atoms with E-state index >= 15 is 0 Å². The number of nitrogens with one attached hydrogen (secondary N) is 2. The highest BCUT2D eigenvalue weighted by atomic mass is 16.6. The third kappa shape index (κ3) is 4.80. The summed E-state index contributed by atoms with van der Waals surface area (Å²) < 4.78 is 5.12. The third-order valence-electron chi connectivity index (χ3n) is 3.81. The van der Waals surface area contributed by atoms with Crippen molar-refractivity contribution in [3.63, 3.8) is 0 Å². The van der Waals surface area contributed by atoms with E-state index in [1.165, 1.54) is 12.3 Å². The van der Waals surface area contributed by atoms with Crippen LogP contribution in [0.25, 0.3) is 0 Å². The summed E-state index contributed by atoms with van der Waals surface area (Å²) in [5.41, 5.74) is 1.57. The molecule has 0 radical (unpaired) electrons. The topological polar surface area (TPSA) is 118 Å². The molecule has 0 unspecified atom stereocenters. The van der Waals surface area contributed by atoms with Gasteiger partial charge in [0.1, 0.15) is 11.9 Å². The third-order valence-corrected chi connectivity index (χ3v) is 3.81. The second kappa shape index (κ2) is 7.80. The van der Waals surface area contributed by atoms with E-state index in [2.05, 4.69) is 10.6 Å². The fourth-order valence-electron chi connectivity index (χ4n) is 2.55. The number of rotatable bonds is 6. The van der Waals surface area contributed by atoms with Crippen LogP contribution in [0.2, 0.25) is 0 Å². The van der Waals surface area contributed by atoms with E-state index in [1.807, 2.05) is 0 Å². The summed E-state index contributed by atoms with van der Waals surface area (Å²) in [6, 6.07) is 5.49. The average molecular weight is 347 g/mol. The molecule has 1 heterocycles. The molecule has 1 aromatic carbocycles. The molecule has 1 aromatic heterocycles. The minimum absolute atomic E-state index is 0.0535. The molecular weight excluding hydrogens is 326 g/mol. The van der Waals surface area contributed by atoms with Gasteiger partial charge >= 0.3 is 6.03 Å². The molecule has 8 heteroatoms. The smallest absolute Gasteiger partial charge is 0.319 e. The first-order valence-corrected chi connectivity index (χ1v) is 7.82. The Morgan fingerprint density at radius 2 is 2.08 bits per heavy atom. The lowest BCUT2D eigenvalue weighted by atomic mass is 10.1. The number of amides is 2. The minimum Gasteiger partial charge on any atom is -0.467 e. The second-order valence-corrected chi connectivity index (χ2v) is 5.98. The van der Waals surface area contributed by atoms with Crippen molar-refractivity contribution in [2.45, 2.75) is 39.3 Å². The first-order chi connectivity index (χ1) is 11.8. The van der Waals surface area contributed by atoms with Crippen LogP contribution in [-0.2, 0) is 0 Å². The summed E-state index contributed by atoms with van der Waals surface area (Å²) >= 11 is 0. The number of nitrogens with zero attached hydrogens (tertiary/aromatic N) is 1. The van der Waals surface area contributed by atoms with E-state index < -0.39 is 17.1 Å². The number of nitro benzene ring substituents is 1. The highest BCUT2D eigenvalue weighted by Crippen LogP contribution is 2.26. The summed E-state index contributed by atoms with van der Waals surface area (Å²) in [6.45, 7) is 5.15. The first kappa shape index (κ1) is 18.5. The van der Waals surface area contributed by atoms with Gasteiger partial charge in [0.25, 0.3) is 5.69 Å². The first-order valence-electron chi connectivity index (χ1n) is 7.82. The molecule has 0 aliphatic heterocycles. The highest BCUT2D eigenvalue weighted by Gasteiger charge is 2.18.